The second-order valence-corrected chi connectivity index (χ2v) is 10.7. The molecule has 3 aliphatic heterocycles. The third-order valence-electron chi connectivity index (χ3n) is 7.29. The first-order valence-electron chi connectivity index (χ1n) is 10.3. The molecule has 0 spiro atoms. The van der Waals surface area contributed by atoms with Gasteiger partial charge in [-0.05, 0) is 40.6 Å². The molecule has 3 fully saturated rings. The highest BCUT2D eigenvalue weighted by molar-refractivity contribution is 5.00. The van der Waals surface area contributed by atoms with E-state index in [1.165, 1.54) is 19.4 Å². The van der Waals surface area contributed by atoms with E-state index < -0.39 is 0 Å². The molecule has 142 valence electrons. The maximum Gasteiger partial charge on any atom is 0.223 e. The first-order chi connectivity index (χ1) is 11.7. The van der Waals surface area contributed by atoms with Crippen LogP contribution in [0.1, 0.15) is 47.5 Å². The van der Waals surface area contributed by atoms with Crippen LogP contribution < -0.4 is 5.43 Å². The van der Waals surface area contributed by atoms with Gasteiger partial charge in [-0.15, -0.1) is 4.70 Å². The molecular formula is C20H37N4O+. The van der Waals surface area contributed by atoms with Crippen molar-refractivity contribution >= 4 is 0 Å². The summed E-state index contributed by atoms with van der Waals surface area (Å²) >= 11 is 0. The maximum absolute atomic E-state index is 5.33. The summed E-state index contributed by atoms with van der Waals surface area (Å²) in [4.78, 5) is 0. The summed E-state index contributed by atoms with van der Waals surface area (Å²) in [5.74, 6) is 2.33. The molecule has 4 unspecified atom stereocenters. The lowest BCUT2D eigenvalue weighted by atomic mass is 9.75. The number of rotatable bonds is 5. The van der Waals surface area contributed by atoms with Crippen molar-refractivity contribution in [2.45, 2.75) is 59.5 Å². The topological polar surface area (TPSA) is 39.9 Å². The Morgan fingerprint density at radius 2 is 1.92 bits per heavy atom. The number of azo groups is 2. The van der Waals surface area contributed by atoms with Gasteiger partial charge in [0.15, 0.2) is 6.54 Å². The fourth-order valence-electron chi connectivity index (χ4n) is 4.80. The van der Waals surface area contributed by atoms with Gasteiger partial charge >= 0.3 is 0 Å². The second kappa shape index (κ2) is 6.28. The lowest BCUT2D eigenvalue weighted by Gasteiger charge is -2.30. The van der Waals surface area contributed by atoms with E-state index in [9.17, 15) is 0 Å². The summed E-state index contributed by atoms with van der Waals surface area (Å²) in [5.41, 5.74) is 4.48. The van der Waals surface area contributed by atoms with Crippen molar-refractivity contribution in [2.75, 3.05) is 39.4 Å². The Morgan fingerprint density at radius 3 is 2.52 bits per heavy atom. The summed E-state index contributed by atoms with van der Waals surface area (Å²) in [6.45, 7) is 18.3. The lowest BCUT2D eigenvalue weighted by molar-refractivity contribution is -0.641. The molecule has 0 aromatic rings. The summed E-state index contributed by atoms with van der Waals surface area (Å²) < 4.78 is 7.65. The highest BCUT2D eigenvalue weighted by atomic mass is 16.5. The predicted molar refractivity (Wildman–Crippen MR) is 98.5 cm³/mol. The fraction of sp³-hybridized carbons (Fsp3) is 1.00. The van der Waals surface area contributed by atoms with Crippen molar-refractivity contribution in [1.82, 2.24) is 10.4 Å². The van der Waals surface area contributed by atoms with Crippen LogP contribution in [0.5, 0.6) is 0 Å². The molecule has 0 radical (unpaired) electrons. The van der Waals surface area contributed by atoms with Gasteiger partial charge in [0.1, 0.15) is 19.8 Å². The van der Waals surface area contributed by atoms with E-state index in [1.807, 2.05) is 0 Å². The van der Waals surface area contributed by atoms with Crippen LogP contribution in [0.15, 0.2) is 5.11 Å². The van der Waals surface area contributed by atoms with E-state index in [0.717, 1.165) is 50.7 Å². The van der Waals surface area contributed by atoms with E-state index in [1.54, 1.807) is 0 Å². The molecule has 25 heavy (non-hydrogen) atoms. The van der Waals surface area contributed by atoms with Gasteiger partial charge in [-0.2, -0.15) is 0 Å². The Kier molecular flexibility index (Phi) is 4.49. The molecule has 0 amide bonds. The molecule has 0 bridgehead atoms. The maximum atomic E-state index is 5.33. The van der Waals surface area contributed by atoms with Gasteiger partial charge < -0.3 is 4.74 Å². The number of ether oxygens (including phenoxy) is 1. The average molecular weight is 350 g/mol. The monoisotopic (exact) mass is 349 g/mol. The Hall–Kier alpha value is -0.520. The SMILES string of the molecule is CC(C)(C)C1CNN(C2CC2CC(C)(C)C2CN=[N+](C3COC3)C2)C1. The standard InChI is InChI=1S/C20H37N4O/c1-19(2,3)15-8-22-24(10-15)18-6-14(18)7-20(4,5)16-9-21-23(11-16)17-12-25-13-17/h14-18,22H,6-13H2,1-5H3/q+1. The van der Waals surface area contributed by atoms with Crippen LogP contribution >= 0.6 is 0 Å². The largest absolute Gasteiger partial charge is 0.367 e. The first-order valence-corrected chi connectivity index (χ1v) is 10.3. The molecule has 1 saturated carbocycles. The zero-order valence-corrected chi connectivity index (χ0v) is 16.8. The molecule has 3 heterocycles. The molecule has 2 saturated heterocycles. The number of hydrazine groups is 1. The molecule has 1 N–H and O–H groups in total. The molecule has 4 rings (SSSR count). The van der Waals surface area contributed by atoms with Crippen LogP contribution in [0.25, 0.3) is 0 Å². The summed E-state index contributed by atoms with van der Waals surface area (Å²) in [7, 11) is 0. The quantitative estimate of drug-likeness (QED) is 0.776. The van der Waals surface area contributed by atoms with Gasteiger partial charge in [0.05, 0.1) is 5.92 Å². The van der Waals surface area contributed by atoms with Gasteiger partial charge in [-0.3, -0.25) is 5.43 Å². The number of nitrogens with zero attached hydrogens (tertiary/aromatic N) is 3. The van der Waals surface area contributed by atoms with Crippen LogP contribution in [-0.2, 0) is 4.74 Å². The Balaban J connectivity index is 1.26. The molecule has 1 aliphatic carbocycles. The average Bonchev–Trinajstić information content (AvgIpc) is 2.92. The van der Waals surface area contributed by atoms with Crippen LogP contribution in [0, 0.1) is 28.6 Å². The van der Waals surface area contributed by atoms with Gasteiger partial charge in [-0.1, -0.05) is 34.6 Å². The summed E-state index contributed by atoms with van der Waals surface area (Å²) in [5, 5.41) is 7.36. The highest BCUT2D eigenvalue weighted by Gasteiger charge is 2.50. The lowest BCUT2D eigenvalue weighted by Crippen LogP contribution is -2.44. The zero-order valence-electron chi connectivity index (χ0n) is 16.8. The normalized spacial score (nSPS) is 37.2. The Morgan fingerprint density at radius 1 is 1.16 bits per heavy atom. The van der Waals surface area contributed by atoms with Crippen LogP contribution in [-0.4, -0.2) is 61.2 Å². The zero-order chi connectivity index (χ0) is 17.8. The highest BCUT2D eigenvalue weighted by Crippen LogP contribution is 2.48. The van der Waals surface area contributed by atoms with Crippen LogP contribution in [0.2, 0.25) is 0 Å². The molecule has 5 nitrogen and oxygen atoms in total. The number of hydrogen-bond donors (Lipinski definition) is 1. The number of hydrogen-bond acceptors (Lipinski definition) is 4. The van der Waals surface area contributed by atoms with E-state index in [0.29, 0.717) is 22.8 Å². The third kappa shape index (κ3) is 3.65. The molecule has 0 aromatic carbocycles. The predicted octanol–water partition coefficient (Wildman–Crippen LogP) is 2.77. The second-order valence-electron chi connectivity index (χ2n) is 10.7. The van der Waals surface area contributed by atoms with Crippen molar-refractivity contribution in [3.05, 3.63) is 0 Å². The minimum Gasteiger partial charge on any atom is -0.367 e. The van der Waals surface area contributed by atoms with Crippen molar-refractivity contribution < 1.29 is 9.43 Å². The van der Waals surface area contributed by atoms with Crippen molar-refractivity contribution in [3.8, 4) is 0 Å². The van der Waals surface area contributed by atoms with Crippen molar-refractivity contribution in [3.63, 3.8) is 0 Å². The van der Waals surface area contributed by atoms with Crippen LogP contribution in [0.3, 0.4) is 0 Å². The van der Waals surface area contributed by atoms with Crippen molar-refractivity contribution in [2.24, 2.45) is 33.7 Å². The van der Waals surface area contributed by atoms with Gasteiger partial charge in [0, 0.05) is 19.1 Å². The van der Waals surface area contributed by atoms with Crippen molar-refractivity contribution in [1.29, 1.82) is 0 Å². The summed E-state index contributed by atoms with van der Waals surface area (Å²) in [6, 6.07) is 1.32. The van der Waals surface area contributed by atoms with E-state index in [-0.39, 0.29) is 0 Å². The molecule has 4 atom stereocenters. The molecule has 5 heteroatoms. The Bertz CT molecular complexity index is 534. The summed E-state index contributed by atoms with van der Waals surface area (Å²) in [6.07, 6.45) is 2.71. The number of nitrogens with one attached hydrogen (secondary N) is 1. The van der Waals surface area contributed by atoms with Gasteiger partial charge in [0.25, 0.3) is 0 Å². The van der Waals surface area contributed by atoms with Gasteiger partial charge in [0.2, 0.25) is 6.04 Å². The molecule has 4 aliphatic rings. The molecule has 0 aromatic heterocycles. The smallest absolute Gasteiger partial charge is 0.223 e. The third-order valence-corrected chi connectivity index (χ3v) is 7.29. The van der Waals surface area contributed by atoms with E-state index >= 15 is 0 Å². The van der Waals surface area contributed by atoms with E-state index in [4.69, 9.17) is 9.85 Å². The minimum atomic E-state index is 0.380. The fourth-order valence-corrected chi connectivity index (χ4v) is 4.80. The van der Waals surface area contributed by atoms with Gasteiger partial charge in [-0.25, -0.2) is 5.01 Å². The molecular weight excluding hydrogens is 312 g/mol. The van der Waals surface area contributed by atoms with E-state index in [2.05, 4.69) is 49.8 Å². The van der Waals surface area contributed by atoms with Crippen LogP contribution in [0.4, 0.5) is 0 Å². The Labute approximate surface area is 153 Å². The first kappa shape index (κ1) is 17.9. The minimum absolute atomic E-state index is 0.380.